The highest BCUT2D eigenvalue weighted by Crippen LogP contribution is 2.22. The number of piperidine rings is 1. The molecule has 1 N–H and O–H groups in total. The van der Waals surface area contributed by atoms with E-state index in [1.807, 2.05) is 4.90 Å². The topological polar surface area (TPSA) is 61.8 Å². The Morgan fingerprint density at radius 1 is 1.39 bits per heavy atom. The first-order valence-electron chi connectivity index (χ1n) is 6.85. The molecule has 0 aliphatic carbocycles. The van der Waals surface area contributed by atoms with E-state index >= 15 is 0 Å². The maximum atomic E-state index is 12.2. The highest BCUT2D eigenvalue weighted by Gasteiger charge is 2.27. The minimum Gasteiger partial charge on any atom is -0.338 e. The second-order valence-corrected chi connectivity index (χ2v) is 5.12. The van der Waals surface area contributed by atoms with Gasteiger partial charge in [-0.3, -0.25) is 9.59 Å². The van der Waals surface area contributed by atoms with Crippen LogP contribution in [0.1, 0.15) is 45.4 Å². The Bertz CT molecular complexity index is 357. The summed E-state index contributed by atoms with van der Waals surface area (Å²) in [6.07, 6.45) is 5.52. The molecule has 2 rings (SSSR count). The van der Waals surface area contributed by atoms with E-state index in [1.165, 1.54) is 12.8 Å². The summed E-state index contributed by atoms with van der Waals surface area (Å²) in [7, 11) is 0. The molecule has 0 bridgehead atoms. The van der Waals surface area contributed by atoms with E-state index in [1.54, 1.807) is 0 Å². The van der Waals surface area contributed by atoms with E-state index in [4.69, 9.17) is 0 Å². The molecule has 2 aliphatic rings. The molecule has 5 nitrogen and oxygen atoms in total. The minimum atomic E-state index is -0.104. The van der Waals surface area contributed by atoms with Crippen LogP contribution in [-0.4, -0.2) is 35.5 Å². The molecule has 0 aromatic carbocycles. The van der Waals surface area contributed by atoms with Gasteiger partial charge in [0.2, 0.25) is 5.91 Å². The number of hydrogen-bond acceptors (Lipinski definition) is 3. The van der Waals surface area contributed by atoms with Crippen molar-refractivity contribution in [1.29, 1.82) is 0 Å². The second-order valence-electron chi connectivity index (χ2n) is 5.12. The first kappa shape index (κ1) is 13.1. The number of hydrazone groups is 1. The third kappa shape index (κ3) is 3.09. The predicted octanol–water partition coefficient (Wildman–Crippen LogP) is 1.29. The molecule has 2 heterocycles. The summed E-state index contributed by atoms with van der Waals surface area (Å²) in [4.78, 5) is 25.0. The number of nitrogens with zero attached hydrogens (tertiary/aromatic N) is 2. The molecule has 1 saturated heterocycles. The van der Waals surface area contributed by atoms with Crippen molar-refractivity contribution in [3.8, 4) is 0 Å². The first-order chi connectivity index (χ1) is 8.70. The first-order valence-corrected chi connectivity index (χ1v) is 6.85. The zero-order valence-corrected chi connectivity index (χ0v) is 10.9. The van der Waals surface area contributed by atoms with Crippen molar-refractivity contribution < 1.29 is 9.59 Å². The number of likely N-dealkylation sites (tertiary alicyclic amines) is 1. The van der Waals surface area contributed by atoms with Gasteiger partial charge in [-0.05, 0) is 18.8 Å². The van der Waals surface area contributed by atoms with E-state index in [9.17, 15) is 9.59 Å². The molecule has 0 saturated carbocycles. The van der Waals surface area contributed by atoms with Crippen LogP contribution in [0.5, 0.6) is 0 Å². The summed E-state index contributed by atoms with van der Waals surface area (Å²) < 4.78 is 0. The molecular formula is C13H21N3O2. The zero-order valence-electron chi connectivity index (χ0n) is 10.9. The van der Waals surface area contributed by atoms with Crippen LogP contribution in [0.2, 0.25) is 0 Å². The zero-order chi connectivity index (χ0) is 13.0. The SMILES string of the molecule is CCCC1CCN(C(=O)C2=NNC(=O)CC2)CC1. The maximum absolute atomic E-state index is 12.2. The van der Waals surface area contributed by atoms with Crippen LogP contribution in [0.15, 0.2) is 5.10 Å². The van der Waals surface area contributed by atoms with Crippen molar-refractivity contribution in [2.45, 2.75) is 45.4 Å². The lowest BCUT2D eigenvalue weighted by atomic mass is 9.92. The molecular weight excluding hydrogens is 230 g/mol. The molecule has 0 radical (unpaired) electrons. The highest BCUT2D eigenvalue weighted by molar-refractivity contribution is 6.39. The predicted molar refractivity (Wildman–Crippen MR) is 69.0 cm³/mol. The van der Waals surface area contributed by atoms with Gasteiger partial charge in [-0.25, -0.2) is 5.43 Å². The Hall–Kier alpha value is -1.39. The van der Waals surface area contributed by atoms with E-state index in [2.05, 4.69) is 17.5 Å². The molecule has 0 aromatic rings. The van der Waals surface area contributed by atoms with Crippen molar-refractivity contribution >= 4 is 17.5 Å². The fraction of sp³-hybridized carbons (Fsp3) is 0.769. The summed E-state index contributed by atoms with van der Waals surface area (Å²) in [5, 5.41) is 3.87. The van der Waals surface area contributed by atoms with Gasteiger partial charge in [-0.15, -0.1) is 0 Å². The number of rotatable bonds is 3. The minimum absolute atomic E-state index is 0.00458. The number of carbonyl (C=O) groups excluding carboxylic acids is 2. The van der Waals surface area contributed by atoms with Crippen molar-refractivity contribution in [3.63, 3.8) is 0 Å². The lowest BCUT2D eigenvalue weighted by Crippen LogP contribution is -2.44. The summed E-state index contributed by atoms with van der Waals surface area (Å²) in [5.74, 6) is 0.671. The molecule has 5 heteroatoms. The van der Waals surface area contributed by atoms with E-state index in [0.29, 0.717) is 18.6 Å². The van der Waals surface area contributed by atoms with Crippen LogP contribution in [0.3, 0.4) is 0 Å². The number of hydrogen-bond donors (Lipinski definition) is 1. The average Bonchev–Trinajstić information content (AvgIpc) is 2.40. The van der Waals surface area contributed by atoms with Gasteiger partial charge in [0, 0.05) is 25.9 Å². The normalized spacial score (nSPS) is 21.5. The van der Waals surface area contributed by atoms with Crippen molar-refractivity contribution in [2.24, 2.45) is 11.0 Å². The van der Waals surface area contributed by atoms with Crippen LogP contribution in [-0.2, 0) is 9.59 Å². The lowest BCUT2D eigenvalue weighted by molar-refractivity contribution is -0.125. The third-order valence-corrected chi connectivity index (χ3v) is 3.75. The van der Waals surface area contributed by atoms with Gasteiger partial charge in [0.15, 0.2) is 0 Å². The van der Waals surface area contributed by atoms with Crippen LogP contribution in [0, 0.1) is 5.92 Å². The van der Waals surface area contributed by atoms with Crippen molar-refractivity contribution in [1.82, 2.24) is 10.3 Å². The summed E-state index contributed by atoms with van der Waals surface area (Å²) in [6.45, 7) is 3.86. The van der Waals surface area contributed by atoms with Gasteiger partial charge >= 0.3 is 0 Å². The largest absolute Gasteiger partial charge is 0.338 e. The fourth-order valence-electron chi connectivity index (χ4n) is 2.64. The van der Waals surface area contributed by atoms with Crippen molar-refractivity contribution in [2.75, 3.05) is 13.1 Å². The van der Waals surface area contributed by atoms with Crippen LogP contribution < -0.4 is 5.43 Å². The Kier molecular flexibility index (Phi) is 4.33. The van der Waals surface area contributed by atoms with Crippen molar-refractivity contribution in [3.05, 3.63) is 0 Å². The molecule has 0 spiro atoms. The monoisotopic (exact) mass is 251 g/mol. The lowest BCUT2D eigenvalue weighted by Gasteiger charge is -2.32. The molecule has 18 heavy (non-hydrogen) atoms. The quantitative estimate of drug-likeness (QED) is 0.821. The third-order valence-electron chi connectivity index (χ3n) is 3.75. The van der Waals surface area contributed by atoms with Crippen LogP contribution >= 0.6 is 0 Å². The van der Waals surface area contributed by atoms with Gasteiger partial charge < -0.3 is 4.90 Å². The van der Waals surface area contributed by atoms with Crippen LogP contribution in [0.25, 0.3) is 0 Å². The van der Waals surface area contributed by atoms with Gasteiger partial charge in [0.05, 0.1) is 0 Å². The Balaban J connectivity index is 1.86. The van der Waals surface area contributed by atoms with Gasteiger partial charge in [-0.2, -0.15) is 5.10 Å². The number of carbonyl (C=O) groups is 2. The Labute approximate surface area is 108 Å². The van der Waals surface area contributed by atoms with Gasteiger partial charge in [0.1, 0.15) is 5.71 Å². The highest BCUT2D eigenvalue weighted by atomic mass is 16.2. The maximum Gasteiger partial charge on any atom is 0.270 e. The molecule has 2 aliphatic heterocycles. The van der Waals surface area contributed by atoms with Gasteiger partial charge in [0.25, 0.3) is 5.91 Å². The summed E-state index contributed by atoms with van der Waals surface area (Å²) in [5.41, 5.74) is 2.89. The molecule has 0 aromatic heterocycles. The number of nitrogens with one attached hydrogen (secondary N) is 1. The molecule has 100 valence electrons. The average molecular weight is 251 g/mol. The second kappa shape index (κ2) is 5.98. The number of amides is 2. The molecule has 0 atom stereocenters. The Morgan fingerprint density at radius 3 is 2.67 bits per heavy atom. The fourth-order valence-corrected chi connectivity index (χ4v) is 2.64. The molecule has 2 amide bonds. The van der Waals surface area contributed by atoms with E-state index in [0.717, 1.165) is 31.8 Å². The molecule has 0 unspecified atom stereocenters. The smallest absolute Gasteiger partial charge is 0.270 e. The van der Waals surface area contributed by atoms with Gasteiger partial charge in [-0.1, -0.05) is 19.8 Å². The summed E-state index contributed by atoms with van der Waals surface area (Å²) in [6, 6.07) is 0. The van der Waals surface area contributed by atoms with Crippen LogP contribution in [0.4, 0.5) is 0 Å². The Morgan fingerprint density at radius 2 is 2.11 bits per heavy atom. The van der Waals surface area contributed by atoms with E-state index in [-0.39, 0.29) is 11.8 Å². The standard InChI is InChI=1S/C13H21N3O2/c1-2-3-10-6-8-16(9-7-10)13(18)11-4-5-12(17)15-14-11/h10H,2-9H2,1H3,(H,15,17). The summed E-state index contributed by atoms with van der Waals surface area (Å²) >= 11 is 0. The molecule has 1 fully saturated rings. The van der Waals surface area contributed by atoms with E-state index < -0.39 is 0 Å².